The van der Waals surface area contributed by atoms with Gasteiger partial charge < -0.3 is 5.32 Å². The molecule has 0 aliphatic carbocycles. The summed E-state index contributed by atoms with van der Waals surface area (Å²) in [6.45, 7) is 1.61. The van der Waals surface area contributed by atoms with Gasteiger partial charge in [0.05, 0.1) is 17.4 Å². The Morgan fingerprint density at radius 3 is 2.54 bits per heavy atom. The van der Waals surface area contributed by atoms with E-state index in [0.717, 1.165) is 0 Å². The molecule has 0 saturated heterocycles. The smallest absolute Gasteiger partial charge is 0.274 e. The number of hydrogen-bond acceptors (Lipinski definition) is 4. The van der Waals surface area contributed by atoms with Crippen LogP contribution in [0.25, 0.3) is 5.69 Å². The van der Waals surface area contributed by atoms with Gasteiger partial charge in [0, 0.05) is 11.4 Å². The number of primary sulfonamides is 1. The van der Waals surface area contributed by atoms with E-state index in [0.29, 0.717) is 11.3 Å². The normalized spacial score (nSPS) is 11.3. The van der Waals surface area contributed by atoms with E-state index in [2.05, 4.69) is 10.3 Å². The number of rotatable bonds is 4. The molecule has 26 heavy (non-hydrogen) atoms. The van der Waals surface area contributed by atoms with Gasteiger partial charge in [0.15, 0.2) is 0 Å². The molecule has 3 rings (SSSR count). The number of carbonyl (C=O) groups is 1. The van der Waals surface area contributed by atoms with E-state index >= 15 is 0 Å². The number of carbonyl (C=O) groups excluding carboxylic acids is 1. The molecule has 0 aliphatic heterocycles. The quantitative estimate of drug-likeness (QED) is 0.730. The van der Waals surface area contributed by atoms with Crippen molar-refractivity contribution in [3.63, 3.8) is 0 Å². The Morgan fingerprint density at radius 2 is 1.88 bits per heavy atom. The van der Waals surface area contributed by atoms with Crippen LogP contribution in [0, 0.1) is 12.7 Å². The number of anilines is 1. The van der Waals surface area contributed by atoms with E-state index in [-0.39, 0.29) is 16.3 Å². The first kappa shape index (κ1) is 17.8. The van der Waals surface area contributed by atoms with E-state index in [1.54, 1.807) is 19.1 Å². The number of sulfonamides is 1. The van der Waals surface area contributed by atoms with E-state index in [1.807, 2.05) is 0 Å². The molecule has 0 fully saturated rings. The zero-order valence-corrected chi connectivity index (χ0v) is 14.5. The van der Waals surface area contributed by atoms with Gasteiger partial charge in [0.2, 0.25) is 10.0 Å². The molecule has 1 aromatic heterocycles. The van der Waals surface area contributed by atoms with Crippen molar-refractivity contribution in [3.05, 3.63) is 72.1 Å². The number of aryl methyl sites for hydroxylation is 1. The van der Waals surface area contributed by atoms with Gasteiger partial charge in [-0.05, 0) is 48.9 Å². The lowest BCUT2D eigenvalue weighted by molar-refractivity contribution is 0.102. The number of nitrogens with one attached hydrogen (secondary N) is 1. The van der Waals surface area contributed by atoms with Gasteiger partial charge in [-0.25, -0.2) is 22.9 Å². The summed E-state index contributed by atoms with van der Waals surface area (Å²) in [6.07, 6.45) is 2.78. The summed E-state index contributed by atoms with van der Waals surface area (Å²) < 4.78 is 37.8. The number of benzene rings is 2. The molecule has 134 valence electrons. The highest BCUT2D eigenvalue weighted by molar-refractivity contribution is 7.89. The van der Waals surface area contributed by atoms with Crippen molar-refractivity contribution in [2.75, 3.05) is 5.32 Å². The number of aromatic nitrogens is 2. The summed E-state index contributed by atoms with van der Waals surface area (Å²) >= 11 is 0. The molecule has 3 N–H and O–H groups in total. The Labute approximate surface area is 149 Å². The van der Waals surface area contributed by atoms with E-state index < -0.39 is 21.7 Å². The average molecular weight is 374 g/mol. The van der Waals surface area contributed by atoms with Crippen LogP contribution in [0.1, 0.15) is 16.1 Å². The fourth-order valence-electron chi connectivity index (χ4n) is 2.45. The van der Waals surface area contributed by atoms with Crippen LogP contribution in [0.15, 0.2) is 59.9 Å². The Bertz CT molecular complexity index is 1080. The van der Waals surface area contributed by atoms with Gasteiger partial charge in [-0.3, -0.25) is 9.36 Å². The monoisotopic (exact) mass is 374 g/mol. The highest BCUT2D eigenvalue weighted by Gasteiger charge is 2.16. The molecular formula is C17H15FN4O3S. The highest BCUT2D eigenvalue weighted by Crippen LogP contribution is 2.20. The summed E-state index contributed by atoms with van der Waals surface area (Å²) in [4.78, 5) is 16.4. The lowest BCUT2D eigenvalue weighted by Gasteiger charge is -2.11. The Balaban J connectivity index is 1.91. The predicted octanol–water partition coefficient (Wildman–Crippen LogP) is 2.22. The largest absolute Gasteiger partial charge is 0.321 e. The molecule has 2 aromatic carbocycles. The second-order valence-corrected chi connectivity index (χ2v) is 7.13. The van der Waals surface area contributed by atoms with Crippen LogP contribution in [-0.4, -0.2) is 23.9 Å². The first-order valence-corrected chi connectivity index (χ1v) is 9.03. The number of amides is 1. The first-order chi connectivity index (χ1) is 12.3. The van der Waals surface area contributed by atoms with Gasteiger partial charge in [0.25, 0.3) is 5.91 Å². The third-order valence-electron chi connectivity index (χ3n) is 3.73. The van der Waals surface area contributed by atoms with Crippen molar-refractivity contribution in [1.82, 2.24) is 9.55 Å². The second-order valence-electron chi connectivity index (χ2n) is 5.60. The van der Waals surface area contributed by atoms with Crippen LogP contribution >= 0.6 is 0 Å². The Morgan fingerprint density at radius 1 is 1.19 bits per heavy atom. The maximum absolute atomic E-state index is 13.1. The highest BCUT2D eigenvalue weighted by atomic mass is 32.2. The molecule has 0 atom stereocenters. The van der Waals surface area contributed by atoms with Crippen molar-refractivity contribution in [2.24, 2.45) is 5.14 Å². The van der Waals surface area contributed by atoms with Crippen LogP contribution in [0.2, 0.25) is 0 Å². The fraction of sp³-hybridized carbons (Fsp3) is 0.0588. The molecule has 0 saturated carbocycles. The van der Waals surface area contributed by atoms with Gasteiger partial charge in [-0.2, -0.15) is 0 Å². The minimum atomic E-state index is -3.91. The number of hydrogen-bond donors (Lipinski definition) is 2. The zero-order valence-electron chi connectivity index (χ0n) is 13.7. The predicted molar refractivity (Wildman–Crippen MR) is 94.0 cm³/mol. The molecule has 1 heterocycles. The minimum Gasteiger partial charge on any atom is -0.321 e. The molecule has 0 unspecified atom stereocenters. The van der Waals surface area contributed by atoms with E-state index in [1.165, 1.54) is 47.4 Å². The maximum atomic E-state index is 13.1. The molecule has 7 nitrogen and oxygen atoms in total. The number of nitrogens with two attached hydrogens (primary N) is 1. The maximum Gasteiger partial charge on any atom is 0.274 e. The van der Waals surface area contributed by atoms with E-state index in [9.17, 15) is 17.6 Å². The molecular weight excluding hydrogens is 359 g/mol. The lowest BCUT2D eigenvalue weighted by atomic mass is 10.2. The molecule has 0 bridgehead atoms. The number of imidazole rings is 1. The first-order valence-electron chi connectivity index (χ1n) is 7.49. The summed E-state index contributed by atoms with van der Waals surface area (Å²) in [5.41, 5.74) is 1.51. The SMILES string of the molecule is Cc1ccc(NC(=O)c2cncn2-c2ccc(F)cc2)cc1S(N)(=O)=O. The van der Waals surface area contributed by atoms with Crippen LogP contribution in [0.4, 0.5) is 10.1 Å². The third-order valence-corrected chi connectivity index (χ3v) is 4.78. The van der Waals surface area contributed by atoms with Crippen LogP contribution < -0.4 is 10.5 Å². The van der Waals surface area contributed by atoms with Crippen molar-refractivity contribution < 1.29 is 17.6 Å². The van der Waals surface area contributed by atoms with Crippen LogP contribution in [-0.2, 0) is 10.0 Å². The van der Waals surface area contributed by atoms with E-state index in [4.69, 9.17) is 5.14 Å². The Kier molecular flexibility index (Phi) is 4.58. The van der Waals surface area contributed by atoms with Crippen LogP contribution in [0.5, 0.6) is 0 Å². The Hall–Kier alpha value is -3.04. The van der Waals surface area contributed by atoms with Gasteiger partial charge in [-0.15, -0.1) is 0 Å². The summed E-state index contributed by atoms with van der Waals surface area (Å²) in [7, 11) is -3.91. The van der Waals surface area contributed by atoms with Gasteiger partial charge in [0.1, 0.15) is 11.5 Å². The standard InChI is InChI=1S/C17H15FN4O3S/c1-11-2-5-13(8-16(11)26(19,24)25)21-17(23)15-9-20-10-22(15)14-6-3-12(18)4-7-14/h2-10H,1H3,(H,21,23)(H2,19,24,25). The topological polar surface area (TPSA) is 107 Å². The fourth-order valence-corrected chi connectivity index (χ4v) is 3.26. The number of nitrogens with zero attached hydrogens (tertiary/aromatic N) is 2. The summed E-state index contributed by atoms with van der Waals surface area (Å²) in [6, 6.07) is 9.98. The average Bonchev–Trinajstić information content (AvgIpc) is 3.06. The van der Waals surface area contributed by atoms with Gasteiger partial charge in [-0.1, -0.05) is 6.07 Å². The zero-order chi connectivity index (χ0) is 18.9. The third kappa shape index (κ3) is 3.63. The molecule has 0 spiro atoms. The summed E-state index contributed by atoms with van der Waals surface area (Å²) in [5, 5.41) is 7.79. The van der Waals surface area contributed by atoms with Crippen molar-refractivity contribution in [3.8, 4) is 5.69 Å². The van der Waals surface area contributed by atoms with Crippen molar-refractivity contribution >= 4 is 21.6 Å². The van der Waals surface area contributed by atoms with Crippen molar-refractivity contribution in [2.45, 2.75) is 11.8 Å². The lowest BCUT2D eigenvalue weighted by Crippen LogP contribution is -2.18. The molecule has 3 aromatic rings. The van der Waals surface area contributed by atoms with Crippen LogP contribution in [0.3, 0.4) is 0 Å². The van der Waals surface area contributed by atoms with Crippen molar-refractivity contribution in [1.29, 1.82) is 0 Å². The second kappa shape index (κ2) is 6.70. The number of halogens is 1. The molecule has 9 heteroatoms. The molecule has 0 aliphatic rings. The summed E-state index contributed by atoms with van der Waals surface area (Å²) in [5.74, 6) is -0.897. The minimum absolute atomic E-state index is 0.0673. The molecule has 1 amide bonds. The van der Waals surface area contributed by atoms with Gasteiger partial charge >= 0.3 is 0 Å². The molecule has 0 radical (unpaired) electrons.